The van der Waals surface area contributed by atoms with Crippen LogP contribution in [0.5, 0.6) is 0 Å². The van der Waals surface area contributed by atoms with Crippen LogP contribution in [0.4, 0.5) is 4.79 Å². The molecule has 1 spiro atoms. The second kappa shape index (κ2) is 5.83. The summed E-state index contributed by atoms with van der Waals surface area (Å²) in [5.74, 6) is -0.311. The van der Waals surface area contributed by atoms with Crippen molar-refractivity contribution in [3.8, 4) is 0 Å². The number of urea groups is 1. The van der Waals surface area contributed by atoms with Gasteiger partial charge in [-0.05, 0) is 56.2 Å². The Kier molecular flexibility index (Phi) is 3.86. The molecule has 3 N–H and O–H groups in total. The summed E-state index contributed by atoms with van der Waals surface area (Å²) in [5, 5.41) is 8.27. The van der Waals surface area contributed by atoms with Crippen LogP contribution in [0.3, 0.4) is 0 Å². The summed E-state index contributed by atoms with van der Waals surface area (Å²) in [7, 11) is 0. The van der Waals surface area contributed by atoms with Crippen molar-refractivity contribution >= 4 is 33.8 Å². The number of hydrogen-bond donors (Lipinski definition) is 3. The van der Waals surface area contributed by atoms with Gasteiger partial charge in [0.15, 0.2) is 0 Å². The van der Waals surface area contributed by atoms with Gasteiger partial charge >= 0.3 is 6.03 Å². The molecule has 6 nitrogen and oxygen atoms in total. The van der Waals surface area contributed by atoms with E-state index in [4.69, 9.17) is 0 Å². The summed E-state index contributed by atoms with van der Waals surface area (Å²) in [4.78, 5) is 36.1. The number of hydrogen-bond acceptors (Lipinski definition) is 3. The molecule has 2 aliphatic carbocycles. The topological polar surface area (TPSA) is 87.3 Å². The third kappa shape index (κ3) is 2.94. The van der Waals surface area contributed by atoms with Crippen molar-refractivity contribution in [1.82, 2.24) is 16.0 Å². The Balaban J connectivity index is 1.39. The van der Waals surface area contributed by atoms with Crippen LogP contribution in [-0.4, -0.2) is 23.4 Å². The van der Waals surface area contributed by atoms with Gasteiger partial charge in [0, 0.05) is 10.4 Å². The second-order valence-corrected chi connectivity index (χ2v) is 8.26. The molecule has 0 aromatic heterocycles. The van der Waals surface area contributed by atoms with Crippen LogP contribution in [0, 0.1) is 5.92 Å². The number of carbonyl (C=O) groups is 3. The monoisotopic (exact) mass is 405 g/mol. The highest BCUT2D eigenvalue weighted by atomic mass is 79.9. The van der Waals surface area contributed by atoms with Crippen molar-refractivity contribution in [3.05, 3.63) is 34.3 Å². The van der Waals surface area contributed by atoms with E-state index in [2.05, 4.69) is 31.9 Å². The molecule has 1 saturated heterocycles. The average molecular weight is 406 g/mol. The van der Waals surface area contributed by atoms with E-state index in [9.17, 15) is 14.4 Å². The molecule has 1 aliphatic heterocycles. The number of imide groups is 1. The van der Waals surface area contributed by atoms with Gasteiger partial charge in [-0.25, -0.2) is 4.79 Å². The maximum absolute atomic E-state index is 12.7. The van der Waals surface area contributed by atoms with Gasteiger partial charge < -0.3 is 10.6 Å². The zero-order valence-electron chi connectivity index (χ0n) is 13.7. The fourth-order valence-corrected chi connectivity index (χ4v) is 4.23. The molecule has 25 heavy (non-hydrogen) atoms. The predicted molar refractivity (Wildman–Crippen MR) is 94.6 cm³/mol. The highest BCUT2D eigenvalue weighted by molar-refractivity contribution is 9.10. The molecule has 0 radical (unpaired) electrons. The van der Waals surface area contributed by atoms with Crippen LogP contribution in [0.25, 0.3) is 0 Å². The molecule has 3 fully saturated rings. The van der Waals surface area contributed by atoms with Crippen LogP contribution in [0.15, 0.2) is 28.7 Å². The summed E-state index contributed by atoms with van der Waals surface area (Å²) in [5.41, 5.74) is 0.0988. The fraction of sp³-hybridized carbons (Fsp3) is 0.500. The second-order valence-electron chi connectivity index (χ2n) is 7.34. The lowest BCUT2D eigenvalue weighted by Crippen LogP contribution is -2.51. The molecule has 1 aromatic rings. The van der Waals surface area contributed by atoms with Crippen molar-refractivity contribution in [2.24, 2.45) is 5.92 Å². The van der Waals surface area contributed by atoms with E-state index in [0.717, 1.165) is 22.9 Å². The lowest BCUT2D eigenvalue weighted by atomic mass is 9.76. The van der Waals surface area contributed by atoms with Crippen molar-refractivity contribution in [3.63, 3.8) is 0 Å². The Morgan fingerprint density at radius 2 is 1.72 bits per heavy atom. The minimum atomic E-state index is -0.809. The number of amides is 4. The van der Waals surface area contributed by atoms with Crippen molar-refractivity contribution in [1.29, 1.82) is 0 Å². The summed E-state index contributed by atoms with van der Waals surface area (Å²) < 4.78 is 1.02. The first-order chi connectivity index (χ1) is 11.9. The summed E-state index contributed by atoms with van der Waals surface area (Å²) >= 11 is 3.43. The Morgan fingerprint density at radius 1 is 1.08 bits per heavy atom. The first-order valence-corrected chi connectivity index (χ1v) is 9.44. The predicted octanol–water partition coefficient (Wildman–Crippen LogP) is 2.32. The summed E-state index contributed by atoms with van der Waals surface area (Å²) in [6.07, 6.45) is 4.14. The third-order valence-electron chi connectivity index (χ3n) is 5.73. The molecule has 0 bridgehead atoms. The first kappa shape index (κ1) is 16.6. The normalized spacial score (nSPS) is 29.9. The smallest absolute Gasteiger partial charge is 0.322 e. The van der Waals surface area contributed by atoms with Gasteiger partial charge in [0.2, 0.25) is 5.91 Å². The molecule has 3 aliphatic rings. The molecule has 0 unspecified atom stereocenters. The van der Waals surface area contributed by atoms with Gasteiger partial charge in [-0.15, -0.1) is 0 Å². The van der Waals surface area contributed by atoms with Crippen molar-refractivity contribution in [2.45, 2.75) is 49.6 Å². The minimum absolute atomic E-state index is 0.0556. The number of carbonyl (C=O) groups excluding carboxylic acids is 3. The minimum Gasteiger partial charge on any atom is -0.346 e. The Morgan fingerprint density at radius 3 is 2.24 bits per heavy atom. The molecule has 1 aromatic carbocycles. The van der Waals surface area contributed by atoms with Crippen LogP contribution in [0.2, 0.25) is 0 Å². The van der Waals surface area contributed by atoms with Gasteiger partial charge in [-0.2, -0.15) is 0 Å². The third-order valence-corrected chi connectivity index (χ3v) is 6.26. The van der Waals surface area contributed by atoms with Gasteiger partial charge in [-0.1, -0.05) is 28.1 Å². The largest absolute Gasteiger partial charge is 0.346 e. The lowest BCUT2D eigenvalue weighted by Gasteiger charge is -2.34. The molecule has 4 amide bonds. The van der Waals surface area contributed by atoms with Crippen LogP contribution >= 0.6 is 15.9 Å². The van der Waals surface area contributed by atoms with Crippen LogP contribution < -0.4 is 16.0 Å². The molecule has 132 valence electrons. The molecule has 2 saturated carbocycles. The maximum Gasteiger partial charge on any atom is 0.322 e. The maximum atomic E-state index is 12.7. The summed E-state index contributed by atoms with van der Waals surface area (Å²) in [6.45, 7) is 0. The van der Waals surface area contributed by atoms with Gasteiger partial charge in [0.05, 0.1) is 5.54 Å². The van der Waals surface area contributed by atoms with E-state index in [0.29, 0.717) is 25.7 Å². The van der Waals surface area contributed by atoms with E-state index < -0.39 is 11.6 Å². The lowest BCUT2D eigenvalue weighted by molar-refractivity contribution is -0.131. The molecule has 0 atom stereocenters. The zero-order chi connectivity index (χ0) is 17.7. The van der Waals surface area contributed by atoms with E-state index in [1.165, 1.54) is 0 Å². The zero-order valence-corrected chi connectivity index (χ0v) is 15.3. The van der Waals surface area contributed by atoms with Gasteiger partial charge in [-0.3, -0.25) is 14.9 Å². The number of halogens is 1. The van der Waals surface area contributed by atoms with Gasteiger partial charge in [0.1, 0.15) is 5.54 Å². The average Bonchev–Trinajstić information content (AvgIpc) is 3.30. The Hall–Kier alpha value is -1.89. The van der Waals surface area contributed by atoms with E-state index >= 15 is 0 Å². The molecule has 7 heteroatoms. The van der Waals surface area contributed by atoms with Crippen molar-refractivity contribution in [2.75, 3.05) is 0 Å². The molecular formula is C18H20BrN3O3. The number of rotatable bonds is 3. The van der Waals surface area contributed by atoms with Crippen molar-refractivity contribution < 1.29 is 14.4 Å². The Labute approximate surface area is 154 Å². The summed E-state index contributed by atoms with van der Waals surface area (Å²) in [6, 6.07) is 7.65. The van der Waals surface area contributed by atoms with E-state index in [1.807, 2.05) is 24.3 Å². The number of benzene rings is 1. The number of nitrogens with one attached hydrogen (secondary N) is 3. The quantitative estimate of drug-likeness (QED) is 0.674. The molecule has 4 rings (SSSR count). The van der Waals surface area contributed by atoms with Gasteiger partial charge in [0.25, 0.3) is 5.91 Å². The SMILES string of the molecule is O=C1NC(=O)C2(CCC(C(=O)NC3(c4ccc(Br)cc4)CC3)CC2)N1. The highest BCUT2D eigenvalue weighted by Crippen LogP contribution is 2.46. The van der Waals surface area contributed by atoms with Crippen LogP contribution in [-0.2, 0) is 15.1 Å². The highest BCUT2D eigenvalue weighted by Gasteiger charge is 2.51. The molecular weight excluding hydrogens is 386 g/mol. The van der Waals surface area contributed by atoms with E-state index in [-0.39, 0.29) is 23.3 Å². The van der Waals surface area contributed by atoms with E-state index in [1.54, 1.807) is 0 Å². The fourth-order valence-electron chi connectivity index (χ4n) is 3.97. The standard InChI is InChI=1S/C18H20BrN3O3/c19-13-3-1-12(2-4-13)17(9-10-17)21-14(23)11-5-7-18(8-6-11)15(24)20-16(25)22-18/h1-4,11H,5-10H2,(H,21,23)(H2,20,22,24,25). The Bertz CT molecular complexity index is 734. The van der Waals surface area contributed by atoms with Crippen LogP contribution in [0.1, 0.15) is 44.1 Å². The first-order valence-electron chi connectivity index (χ1n) is 8.64. The molecule has 1 heterocycles.